The number of carboxylic acids is 1. The third-order valence-electron chi connectivity index (χ3n) is 6.48. The number of carboxylic acid groups (broad SMARTS) is 1. The van der Waals surface area contributed by atoms with Crippen molar-refractivity contribution < 1.29 is 23.1 Å². The number of carbonyl (C=O) groups excluding carboxylic acids is 1. The number of nitrogens with zero attached hydrogens (tertiary/aromatic N) is 2. The molecule has 1 aliphatic heterocycles. The van der Waals surface area contributed by atoms with E-state index in [4.69, 9.17) is 0 Å². The summed E-state index contributed by atoms with van der Waals surface area (Å²) in [4.78, 5) is 25.8. The van der Waals surface area contributed by atoms with Gasteiger partial charge in [0, 0.05) is 25.0 Å². The Morgan fingerprint density at radius 2 is 1.60 bits per heavy atom. The van der Waals surface area contributed by atoms with E-state index in [2.05, 4.69) is 0 Å². The Kier molecular flexibility index (Phi) is 5.27. The van der Waals surface area contributed by atoms with E-state index < -0.39 is 16.0 Å². The molecule has 0 atom stereocenters. The number of sulfonamides is 1. The molecule has 144 valence electrons. The number of aliphatic carboxylic acids is 1. The molecule has 1 amide bonds. The predicted molar refractivity (Wildman–Crippen MR) is 94.5 cm³/mol. The molecule has 1 aliphatic carbocycles. The molecular formula is C17H30N2O5S. The van der Waals surface area contributed by atoms with Crippen LogP contribution in [0.1, 0.15) is 47.5 Å². The zero-order valence-electron chi connectivity index (χ0n) is 15.8. The first-order valence-electron chi connectivity index (χ1n) is 8.86. The van der Waals surface area contributed by atoms with Gasteiger partial charge in [0.05, 0.1) is 5.75 Å². The lowest BCUT2D eigenvalue weighted by atomic mass is 10.0. The maximum absolute atomic E-state index is 13.0. The Labute approximate surface area is 150 Å². The van der Waals surface area contributed by atoms with Crippen LogP contribution in [-0.4, -0.2) is 66.0 Å². The van der Waals surface area contributed by atoms with Gasteiger partial charge in [-0.1, -0.05) is 27.7 Å². The van der Waals surface area contributed by atoms with Crippen LogP contribution in [0, 0.1) is 16.7 Å². The molecule has 1 N–H and O–H groups in total. The van der Waals surface area contributed by atoms with Gasteiger partial charge >= 0.3 is 5.97 Å². The largest absolute Gasteiger partial charge is 0.480 e. The molecule has 0 aromatic carbocycles. The molecule has 0 aromatic rings. The first-order valence-corrected chi connectivity index (χ1v) is 10.5. The van der Waals surface area contributed by atoms with Gasteiger partial charge in [0.15, 0.2) is 0 Å². The zero-order chi connectivity index (χ0) is 19.2. The Morgan fingerprint density at radius 3 is 1.96 bits per heavy atom. The van der Waals surface area contributed by atoms with E-state index in [1.54, 1.807) is 6.92 Å². The third kappa shape index (κ3) is 3.56. The summed E-state index contributed by atoms with van der Waals surface area (Å²) in [5, 5.41) is 9.24. The quantitative estimate of drug-likeness (QED) is 0.758. The number of amides is 1. The minimum atomic E-state index is -3.24. The molecule has 1 saturated heterocycles. The maximum atomic E-state index is 13.0. The van der Waals surface area contributed by atoms with Gasteiger partial charge < -0.3 is 10.0 Å². The smallest absolute Gasteiger partial charge is 0.323 e. The fourth-order valence-electron chi connectivity index (χ4n) is 4.13. The van der Waals surface area contributed by atoms with E-state index in [0.717, 1.165) is 0 Å². The molecule has 8 heteroatoms. The normalized spacial score (nSPS) is 24.0. The summed E-state index contributed by atoms with van der Waals surface area (Å²) >= 11 is 0. The second-order valence-corrected chi connectivity index (χ2v) is 10.5. The summed E-state index contributed by atoms with van der Waals surface area (Å²) in [5.74, 6) is -1.29. The summed E-state index contributed by atoms with van der Waals surface area (Å²) < 4.78 is 25.4. The average Bonchev–Trinajstić information content (AvgIpc) is 2.93. The number of piperidine rings is 1. The molecule has 0 spiro atoms. The predicted octanol–water partition coefficient (Wildman–Crippen LogP) is 1.40. The van der Waals surface area contributed by atoms with Crippen molar-refractivity contribution in [3.8, 4) is 0 Å². The van der Waals surface area contributed by atoms with Crippen molar-refractivity contribution in [2.24, 2.45) is 16.7 Å². The Hall–Kier alpha value is -1.15. The van der Waals surface area contributed by atoms with Crippen LogP contribution < -0.4 is 0 Å². The Balaban J connectivity index is 2.12. The first-order chi connectivity index (χ1) is 11.4. The number of rotatable bonds is 6. The molecule has 1 saturated carbocycles. The van der Waals surface area contributed by atoms with E-state index in [9.17, 15) is 23.1 Å². The van der Waals surface area contributed by atoms with E-state index in [1.165, 1.54) is 9.21 Å². The standard InChI is InChI=1S/C17H30N2O5S/c1-6-25(23,24)18-9-7-12(8-10-18)19(11-13(20)21)15(22)14-16(2,3)17(14,4)5/h12,14H,6-11H2,1-5H3,(H,20,21). The van der Waals surface area contributed by atoms with Gasteiger partial charge in [0.1, 0.15) is 6.54 Å². The van der Waals surface area contributed by atoms with Crippen LogP contribution in [0.15, 0.2) is 0 Å². The fraction of sp³-hybridized carbons (Fsp3) is 0.882. The minimum Gasteiger partial charge on any atom is -0.480 e. The van der Waals surface area contributed by atoms with E-state index >= 15 is 0 Å². The fourth-order valence-corrected chi connectivity index (χ4v) is 5.26. The van der Waals surface area contributed by atoms with Crippen LogP contribution in [-0.2, 0) is 19.6 Å². The minimum absolute atomic E-state index is 0.0554. The first kappa shape index (κ1) is 20.2. The van der Waals surface area contributed by atoms with Crippen molar-refractivity contribution >= 4 is 21.9 Å². The second-order valence-electron chi connectivity index (χ2n) is 8.27. The van der Waals surface area contributed by atoms with Crippen LogP contribution in [0.4, 0.5) is 0 Å². The van der Waals surface area contributed by atoms with Crippen molar-refractivity contribution in [2.45, 2.75) is 53.5 Å². The third-order valence-corrected chi connectivity index (χ3v) is 8.36. The highest BCUT2D eigenvalue weighted by atomic mass is 32.2. The summed E-state index contributed by atoms with van der Waals surface area (Å²) in [6.45, 7) is 10.1. The van der Waals surface area contributed by atoms with Crippen molar-refractivity contribution in [2.75, 3.05) is 25.4 Å². The molecule has 2 aliphatic rings. The molecular weight excluding hydrogens is 344 g/mol. The lowest BCUT2D eigenvalue weighted by molar-refractivity contribution is -0.148. The number of hydrogen-bond acceptors (Lipinski definition) is 4. The van der Waals surface area contributed by atoms with Crippen LogP contribution >= 0.6 is 0 Å². The summed E-state index contributed by atoms with van der Waals surface area (Å²) in [6.07, 6.45) is 0.956. The molecule has 0 bridgehead atoms. The van der Waals surface area contributed by atoms with Crippen LogP contribution in [0.25, 0.3) is 0 Å². The average molecular weight is 375 g/mol. The van der Waals surface area contributed by atoms with Crippen molar-refractivity contribution in [3.05, 3.63) is 0 Å². The van der Waals surface area contributed by atoms with Gasteiger partial charge in [-0.05, 0) is 30.6 Å². The van der Waals surface area contributed by atoms with E-state index in [0.29, 0.717) is 25.9 Å². The Morgan fingerprint density at radius 1 is 1.12 bits per heavy atom. The monoisotopic (exact) mass is 374 g/mol. The maximum Gasteiger partial charge on any atom is 0.323 e. The van der Waals surface area contributed by atoms with E-state index in [-0.39, 0.29) is 41.0 Å². The van der Waals surface area contributed by atoms with Crippen molar-refractivity contribution in [3.63, 3.8) is 0 Å². The number of hydrogen-bond donors (Lipinski definition) is 1. The van der Waals surface area contributed by atoms with Crippen molar-refractivity contribution in [1.29, 1.82) is 0 Å². The topological polar surface area (TPSA) is 95.0 Å². The van der Waals surface area contributed by atoms with Gasteiger partial charge in [-0.25, -0.2) is 12.7 Å². The molecule has 0 unspecified atom stereocenters. The lowest BCUT2D eigenvalue weighted by Crippen LogP contribution is -2.51. The number of carbonyl (C=O) groups is 2. The van der Waals surface area contributed by atoms with Crippen LogP contribution in [0.2, 0.25) is 0 Å². The lowest BCUT2D eigenvalue weighted by Gasteiger charge is -2.37. The SMILES string of the molecule is CCS(=O)(=O)N1CCC(N(CC(=O)O)C(=O)C2C(C)(C)C2(C)C)CC1. The van der Waals surface area contributed by atoms with Gasteiger partial charge in [0.2, 0.25) is 15.9 Å². The molecule has 0 aromatic heterocycles. The summed E-state index contributed by atoms with van der Waals surface area (Å²) in [6, 6.07) is -0.223. The molecule has 2 fully saturated rings. The zero-order valence-corrected chi connectivity index (χ0v) is 16.6. The Bertz CT molecular complexity index is 634. The molecule has 1 heterocycles. The second kappa shape index (κ2) is 6.54. The molecule has 2 rings (SSSR count). The molecule has 25 heavy (non-hydrogen) atoms. The van der Waals surface area contributed by atoms with E-state index in [1.807, 2.05) is 27.7 Å². The van der Waals surface area contributed by atoms with Gasteiger partial charge in [0.25, 0.3) is 0 Å². The molecule has 0 radical (unpaired) electrons. The van der Waals surface area contributed by atoms with Crippen LogP contribution in [0.3, 0.4) is 0 Å². The van der Waals surface area contributed by atoms with Gasteiger partial charge in [-0.3, -0.25) is 9.59 Å². The highest BCUT2D eigenvalue weighted by Gasteiger charge is 2.69. The van der Waals surface area contributed by atoms with Gasteiger partial charge in [-0.2, -0.15) is 0 Å². The summed E-state index contributed by atoms with van der Waals surface area (Å²) in [5.41, 5.74) is -0.319. The van der Waals surface area contributed by atoms with Crippen molar-refractivity contribution in [1.82, 2.24) is 9.21 Å². The molecule has 7 nitrogen and oxygen atoms in total. The summed E-state index contributed by atoms with van der Waals surface area (Å²) in [7, 11) is -3.24. The van der Waals surface area contributed by atoms with Gasteiger partial charge in [-0.15, -0.1) is 0 Å². The highest BCUT2D eigenvalue weighted by Crippen LogP contribution is 2.68. The van der Waals surface area contributed by atoms with Crippen LogP contribution in [0.5, 0.6) is 0 Å². The highest BCUT2D eigenvalue weighted by molar-refractivity contribution is 7.89.